The zero-order valence-electron chi connectivity index (χ0n) is 18.6. The van der Waals surface area contributed by atoms with Crippen LogP contribution >= 0.6 is 11.3 Å². The molecule has 0 radical (unpaired) electrons. The van der Waals surface area contributed by atoms with Gasteiger partial charge in [-0.3, -0.25) is 19.6 Å². The number of aromatic nitrogens is 6. The van der Waals surface area contributed by atoms with Gasteiger partial charge in [0.05, 0.1) is 23.9 Å². The first-order chi connectivity index (χ1) is 17.1. The number of carbonyl (C=O) groups excluding carboxylic acids is 2. The maximum atomic E-state index is 12.5. The molecule has 174 valence electrons. The standard InChI is InChI=1S/C24H19N7O3S/c1-34-15-10-8-14(9-11-15)18-13-19(26-25-18)21-27-28-24-31(21)29-20(35-24)7-4-12-30-22(32)16-5-2-3-6-17(16)23(30)33/h2-3,5-6,8-11,13H,4,7,12H2,1H3,(H,25,26). The van der Waals surface area contributed by atoms with Crippen LogP contribution in [0.4, 0.5) is 0 Å². The number of imide groups is 1. The van der Waals surface area contributed by atoms with Crippen LogP contribution in [0.1, 0.15) is 32.1 Å². The molecule has 1 aliphatic rings. The minimum atomic E-state index is -0.238. The van der Waals surface area contributed by atoms with E-state index in [0.717, 1.165) is 22.0 Å². The molecule has 11 heteroatoms. The molecule has 0 bridgehead atoms. The lowest BCUT2D eigenvalue weighted by atomic mass is 10.1. The first-order valence-corrected chi connectivity index (χ1v) is 11.8. The molecule has 0 unspecified atom stereocenters. The number of benzene rings is 2. The Labute approximate surface area is 203 Å². The number of hydrogen-bond donors (Lipinski definition) is 1. The minimum Gasteiger partial charge on any atom is -0.497 e. The van der Waals surface area contributed by atoms with Gasteiger partial charge in [-0.05, 0) is 48.9 Å². The zero-order valence-corrected chi connectivity index (χ0v) is 19.5. The van der Waals surface area contributed by atoms with Crippen LogP contribution < -0.4 is 4.74 Å². The molecule has 0 saturated heterocycles. The second kappa shape index (κ2) is 8.44. The van der Waals surface area contributed by atoms with E-state index in [1.54, 1.807) is 35.9 Å². The number of rotatable bonds is 7. The van der Waals surface area contributed by atoms with Crippen molar-refractivity contribution in [3.05, 3.63) is 70.7 Å². The summed E-state index contributed by atoms with van der Waals surface area (Å²) in [6.07, 6.45) is 1.22. The number of hydrogen-bond acceptors (Lipinski definition) is 8. The molecule has 0 atom stereocenters. The Bertz CT molecular complexity index is 1530. The molecule has 0 saturated carbocycles. The number of methoxy groups -OCH3 is 1. The average molecular weight is 486 g/mol. The van der Waals surface area contributed by atoms with E-state index in [4.69, 9.17) is 4.74 Å². The van der Waals surface area contributed by atoms with Gasteiger partial charge >= 0.3 is 0 Å². The van der Waals surface area contributed by atoms with Crippen molar-refractivity contribution in [3.8, 4) is 28.5 Å². The van der Waals surface area contributed by atoms with Gasteiger partial charge in [-0.1, -0.05) is 23.5 Å². The molecule has 5 aromatic rings. The molecule has 35 heavy (non-hydrogen) atoms. The normalized spacial score (nSPS) is 13.1. The number of nitrogens with one attached hydrogen (secondary N) is 1. The number of nitrogens with zero attached hydrogens (tertiary/aromatic N) is 6. The summed E-state index contributed by atoms with van der Waals surface area (Å²) in [6, 6.07) is 16.5. The second-order valence-corrected chi connectivity index (χ2v) is 9.06. The lowest BCUT2D eigenvalue weighted by Crippen LogP contribution is -2.30. The number of fused-ring (bicyclic) bond motifs is 2. The summed E-state index contributed by atoms with van der Waals surface area (Å²) in [4.78, 5) is 27.1. The van der Waals surface area contributed by atoms with Crippen molar-refractivity contribution in [1.29, 1.82) is 0 Å². The average Bonchev–Trinajstić information content (AvgIpc) is 3.65. The molecule has 1 aliphatic heterocycles. The fraction of sp³-hybridized carbons (Fsp3) is 0.167. The third-order valence-corrected chi connectivity index (χ3v) is 6.85. The van der Waals surface area contributed by atoms with Crippen LogP contribution in [0.5, 0.6) is 5.75 Å². The largest absolute Gasteiger partial charge is 0.497 e. The second-order valence-electron chi connectivity index (χ2n) is 8.02. The van der Waals surface area contributed by atoms with Crippen LogP contribution in [0.2, 0.25) is 0 Å². The van der Waals surface area contributed by atoms with Gasteiger partial charge in [0.1, 0.15) is 16.5 Å². The van der Waals surface area contributed by atoms with Crippen LogP contribution in [-0.4, -0.2) is 60.4 Å². The van der Waals surface area contributed by atoms with Gasteiger partial charge in [0, 0.05) is 18.5 Å². The van der Waals surface area contributed by atoms with Crippen molar-refractivity contribution in [1.82, 2.24) is 34.9 Å². The Kier molecular flexibility index (Phi) is 5.10. The Morgan fingerprint density at radius 3 is 2.46 bits per heavy atom. The number of ether oxygens (including phenoxy) is 1. The third kappa shape index (κ3) is 3.66. The molecule has 0 aliphatic carbocycles. The highest BCUT2D eigenvalue weighted by Crippen LogP contribution is 2.27. The van der Waals surface area contributed by atoms with Gasteiger partial charge in [-0.2, -0.15) is 14.7 Å². The predicted octanol–water partition coefficient (Wildman–Crippen LogP) is 3.48. The summed E-state index contributed by atoms with van der Waals surface area (Å²) in [7, 11) is 1.63. The smallest absolute Gasteiger partial charge is 0.261 e. The van der Waals surface area contributed by atoms with E-state index in [1.165, 1.54) is 16.2 Å². The van der Waals surface area contributed by atoms with E-state index in [0.29, 0.717) is 47.0 Å². The van der Waals surface area contributed by atoms with E-state index < -0.39 is 0 Å². The molecular weight excluding hydrogens is 466 g/mol. The summed E-state index contributed by atoms with van der Waals surface area (Å²) < 4.78 is 6.90. The van der Waals surface area contributed by atoms with Gasteiger partial charge in [-0.15, -0.1) is 10.2 Å². The fourth-order valence-electron chi connectivity index (χ4n) is 4.10. The highest BCUT2D eigenvalue weighted by molar-refractivity contribution is 7.16. The maximum absolute atomic E-state index is 12.5. The van der Waals surface area contributed by atoms with Gasteiger partial charge in [-0.25, -0.2) is 0 Å². The summed E-state index contributed by atoms with van der Waals surface area (Å²) >= 11 is 1.43. The first-order valence-electron chi connectivity index (χ1n) is 11.0. The van der Waals surface area contributed by atoms with Crippen molar-refractivity contribution in [2.45, 2.75) is 12.8 Å². The third-order valence-electron chi connectivity index (χ3n) is 5.89. The Morgan fingerprint density at radius 1 is 1.00 bits per heavy atom. The molecule has 0 fully saturated rings. The van der Waals surface area contributed by atoms with Crippen molar-refractivity contribution in [2.24, 2.45) is 0 Å². The predicted molar refractivity (Wildman–Crippen MR) is 128 cm³/mol. The van der Waals surface area contributed by atoms with Crippen molar-refractivity contribution < 1.29 is 14.3 Å². The van der Waals surface area contributed by atoms with E-state index in [-0.39, 0.29) is 11.8 Å². The number of amides is 2. The molecule has 2 aromatic carbocycles. The Balaban J connectivity index is 1.16. The van der Waals surface area contributed by atoms with Gasteiger partial charge < -0.3 is 4.74 Å². The minimum absolute atomic E-state index is 0.238. The molecular formula is C24H19N7O3S. The number of aryl methyl sites for hydroxylation is 1. The van der Waals surface area contributed by atoms with Crippen LogP contribution in [0, 0.1) is 0 Å². The SMILES string of the molecule is COc1ccc(-c2cc(-c3nnc4sc(CCCN5C(=O)c6ccccc6C5=O)nn34)[nH]n2)cc1. The molecule has 0 spiro atoms. The zero-order chi connectivity index (χ0) is 23.9. The topological polar surface area (TPSA) is 118 Å². The number of carbonyl (C=O) groups is 2. The highest BCUT2D eigenvalue weighted by Gasteiger charge is 2.34. The van der Waals surface area contributed by atoms with E-state index in [2.05, 4.69) is 25.5 Å². The van der Waals surface area contributed by atoms with Crippen molar-refractivity contribution >= 4 is 28.1 Å². The number of aromatic amines is 1. The van der Waals surface area contributed by atoms with Crippen LogP contribution in [-0.2, 0) is 6.42 Å². The summed E-state index contributed by atoms with van der Waals surface area (Å²) in [5, 5.41) is 21.4. The van der Waals surface area contributed by atoms with Gasteiger partial charge in [0.15, 0.2) is 0 Å². The molecule has 1 N–H and O–H groups in total. The highest BCUT2D eigenvalue weighted by atomic mass is 32.1. The van der Waals surface area contributed by atoms with E-state index >= 15 is 0 Å². The van der Waals surface area contributed by atoms with Gasteiger partial charge in [0.25, 0.3) is 11.8 Å². The first kappa shape index (κ1) is 21.2. The van der Waals surface area contributed by atoms with Crippen molar-refractivity contribution in [2.75, 3.05) is 13.7 Å². The maximum Gasteiger partial charge on any atom is 0.261 e. The lowest BCUT2D eigenvalue weighted by molar-refractivity contribution is 0.0652. The van der Waals surface area contributed by atoms with Gasteiger partial charge in [0.2, 0.25) is 10.8 Å². The summed E-state index contributed by atoms with van der Waals surface area (Å²) in [6.45, 7) is 0.338. The quantitative estimate of drug-likeness (QED) is 0.351. The molecule has 2 amide bonds. The lowest BCUT2D eigenvalue weighted by Gasteiger charge is -2.12. The molecule has 4 heterocycles. The number of H-pyrrole nitrogens is 1. The van der Waals surface area contributed by atoms with Crippen LogP contribution in [0.25, 0.3) is 27.7 Å². The fourth-order valence-corrected chi connectivity index (χ4v) is 4.98. The Hall–Kier alpha value is -4.38. The summed E-state index contributed by atoms with van der Waals surface area (Å²) in [5.41, 5.74) is 3.35. The van der Waals surface area contributed by atoms with Crippen molar-refractivity contribution in [3.63, 3.8) is 0 Å². The van der Waals surface area contributed by atoms with E-state index in [9.17, 15) is 9.59 Å². The molecule has 6 rings (SSSR count). The summed E-state index contributed by atoms with van der Waals surface area (Å²) in [5.74, 6) is 0.868. The van der Waals surface area contributed by atoms with E-state index in [1.807, 2.05) is 30.3 Å². The monoisotopic (exact) mass is 485 g/mol. The van der Waals surface area contributed by atoms with Crippen LogP contribution in [0.3, 0.4) is 0 Å². The molecule has 3 aromatic heterocycles. The Morgan fingerprint density at radius 2 is 1.74 bits per heavy atom. The van der Waals surface area contributed by atoms with Crippen LogP contribution in [0.15, 0.2) is 54.6 Å². The molecule has 10 nitrogen and oxygen atoms in total.